The summed E-state index contributed by atoms with van der Waals surface area (Å²) in [5, 5.41) is 10.1. The van der Waals surface area contributed by atoms with Crippen LogP contribution >= 0.6 is 0 Å². The summed E-state index contributed by atoms with van der Waals surface area (Å²) in [6.45, 7) is 0. The minimum absolute atomic E-state index is 0.189. The number of aliphatic carboxylic acids is 1. The van der Waals surface area contributed by atoms with E-state index in [-0.39, 0.29) is 5.57 Å². The number of rotatable bonds is 1. The third kappa shape index (κ3) is 1.24. The van der Waals surface area contributed by atoms with Gasteiger partial charge >= 0.3 is 0 Å². The van der Waals surface area contributed by atoms with Gasteiger partial charge < -0.3 is 9.90 Å². The lowest BCUT2D eigenvalue weighted by molar-refractivity contribution is -0.298. The summed E-state index contributed by atoms with van der Waals surface area (Å²) in [4.78, 5) is 10.1. The molecule has 0 fully saturated rings. The molecule has 1 aliphatic carbocycles. The minimum Gasteiger partial charge on any atom is -0.542 e. The fraction of sp³-hybridized carbons (Fsp3) is 0. The van der Waals surface area contributed by atoms with Crippen LogP contribution in [0, 0.1) is 6.08 Å². The van der Waals surface area contributed by atoms with E-state index in [2.05, 4.69) is 6.08 Å². The Hall–Kier alpha value is -1.40. The molecule has 0 amide bonds. The Bertz CT molecular complexity index is 209. The van der Waals surface area contributed by atoms with Gasteiger partial charge in [-0.3, -0.25) is 0 Å². The first kappa shape index (κ1) is 5.73. The standard InChI is InChI=1S/C7H4O2/c8-7(9)6-4-2-1-3-5-6/h2-5H. The summed E-state index contributed by atoms with van der Waals surface area (Å²) < 4.78 is 0. The van der Waals surface area contributed by atoms with Gasteiger partial charge in [-0.25, -0.2) is 0 Å². The van der Waals surface area contributed by atoms with E-state index in [9.17, 15) is 9.90 Å². The van der Waals surface area contributed by atoms with Crippen LogP contribution in [-0.4, -0.2) is 5.97 Å². The summed E-state index contributed by atoms with van der Waals surface area (Å²) in [6, 6.07) is 0. The molecule has 0 unspecified atom stereocenters. The lowest BCUT2D eigenvalue weighted by Crippen LogP contribution is -2.23. The number of allylic oxidation sites excluding steroid dienone is 4. The molecule has 0 aromatic rings. The lowest BCUT2D eigenvalue weighted by Gasteiger charge is -1.94. The van der Waals surface area contributed by atoms with Crippen LogP contribution < -0.4 is 5.11 Å². The molecule has 0 aromatic heterocycles. The summed E-state index contributed by atoms with van der Waals surface area (Å²) in [6.07, 6.45) is 8.64. The van der Waals surface area contributed by atoms with E-state index < -0.39 is 5.97 Å². The van der Waals surface area contributed by atoms with Gasteiger partial charge in [0, 0.05) is 6.08 Å². The maximum atomic E-state index is 10.1. The van der Waals surface area contributed by atoms with Crippen molar-refractivity contribution in [3.63, 3.8) is 0 Å². The molecule has 0 heterocycles. The minimum atomic E-state index is -1.15. The molecule has 0 saturated carbocycles. The van der Waals surface area contributed by atoms with Gasteiger partial charge in [0.1, 0.15) is 17.7 Å². The fourth-order valence-corrected chi connectivity index (χ4v) is 0.523. The highest BCUT2D eigenvalue weighted by molar-refractivity contribution is 5.88. The van der Waals surface area contributed by atoms with E-state index in [1.165, 1.54) is 24.3 Å². The first-order valence-electron chi connectivity index (χ1n) is 2.48. The van der Waals surface area contributed by atoms with Crippen LogP contribution in [0.5, 0.6) is 0 Å². The smallest absolute Gasteiger partial charge is 0.108 e. The second-order valence-corrected chi connectivity index (χ2v) is 1.58. The Morgan fingerprint density at radius 1 is 1.67 bits per heavy atom. The molecule has 2 heteroatoms. The highest BCUT2D eigenvalue weighted by atomic mass is 16.4. The van der Waals surface area contributed by atoms with Crippen molar-refractivity contribution in [3.05, 3.63) is 36.0 Å². The summed E-state index contributed by atoms with van der Waals surface area (Å²) in [5.74, 6) is -1.15. The van der Waals surface area contributed by atoms with E-state index in [1.54, 1.807) is 0 Å². The number of hydrogen-bond donors (Lipinski definition) is 0. The molecule has 9 heavy (non-hydrogen) atoms. The zero-order chi connectivity index (χ0) is 6.69. The van der Waals surface area contributed by atoms with Gasteiger partial charge in [0.25, 0.3) is 0 Å². The molecule has 44 valence electrons. The Balaban J connectivity index is 2.84. The van der Waals surface area contributed by atoms with Crippen LogP contribution in [0.15, 0.2) is 29.9 Å². The first-order chi connectivity index (χ1) is 4.30. The predicted molar refractivity (Wildman–Crippen MR) is 30.0 cm³/mol. The summed E-state index contributed by atoms with van der Waals surface area (Å²) in [7, 11) is 0. The third-order valence-corrected chi connectivity index (χ3v) is 0.954. The molecule has 0 aliphatic heterocycles. The van der Waals surface area contributed by atoms with Crippen LogP contribution in [0.2, 0.25) is 0 Å². The van der Waals surface area contributed by atoms with Gasteiger partial charge in [-0.1, -0.05) is 0 Å². The van der Waals surface area contributed by atoms with Crippen molar-refractivity contribution in [2.24, 2.45) is 0 Å². The SMILES string of the molecule is O=C([O-])C1=CC=[C+]C=C1. The van der Waals surface area contributed by atoms with Crippen LogP contribution in [0.1, 0.15) is 0 Å². The molecule has 1 aliphatic rings. The van der Waals surface area contributed by atoms with Gasteiger partial charge in [-0.15, -0.1) is 0 Å². The Kier molecular flexibility index (Phi) is 1.43. The zero-order valence-corrected chi connectivity index (χ0v) is 4.63. The molecule has 0 bridgehead atoms. The Morgan fingerprint density at radius 3 is 2.78 bits per heavy atom. The average Bonchev–Trinajstić information content (AvgIpc) is 1.90. The Morgan fingerprint density at radius 2 is 2.44 bits per heavy atom. The number of carboxylic acid groups (broad SMARTS) is 1. The maximum Gasteiger partial charge on any atom is 0.108 e. The molecule has 0 radical (unpaired) electrons. The lowest BCUT2D eigenvalue weighted by atomic mass is 10.2. The second kappa shape index (κ2) is 2.25. The number of hydrogen-bond acceptors (Lipinski definition) is 2. The van der Waals surface area contributed by atoms with Crippen molar-refractivity contribution < 1.29 is 9.90 Å². The van der Waals surface area contributed by atoms with Crippen LogP contribution in [0.25, 0.3) is 0 Å². The number of carbonyl (C=O) groups is 1. The highest BCUT2D eigenvalue weighted by Gasteiger charge is 2.00. The summed E-state index contributed by atoms with van der Waals surface area (Å²) >= 11 is 0. The quantitative estimate of drug-likeness (QED) is 0.441. The Labute approximate surface area is 52.8 Å². The van der Waals surface area contributed by atoms with Crippen molar-refractivity contribution in [1.29, 1.82) is 0 Å². The van der Waals surface area contributed by atoms with Gasteiger partial charge in [0.05, 0.1) is 18.1 Å². The molecule has 0 spiro atoms. The second-order valence-electron chi connectivity index (χ2n) is 1.58. The van der Waals surface area contributed by atoms with Gasteiger partial charge in [0.15, 0.2) is 0 Å². The molecule has 0 N–H and O–H groups in total. The van der Waals surface area contributed by atoms with E-state index in [1.807, 2.05) is 0 Å². The molecular weight excluding hydrogens is 116 g/mol. The average molecular weight is 120 g/mol. The number of carboxylic acids is 1. The van der Waals surface area contributed by atoms with Crippen LogP contribution in [-0.2, 0) is 4.79 Å². The van der Waals surface area contributed by atoms with Crippen LogP contribution in [0.3, 0.4) is 0 Å². The molecule has 0 atom stereocenters. The molecule has 0 aromatic carbocycles. The molecule has 0 saturated heterocycles. The summed E-state index contributed by atoms with van der Waals surface area (Å²) in [5.41, 5.74) is 0.189. The van der Waals surface area contributed by atoms with Crippen molar-refractivity contribution in [2.45, 2.75) is 0 Å². The molecule has 1 rings (SSSR count). The predicted octanol–water partition coefficient (Wildman–Crippen LogP) is -0.408. The van der Waals surface area contributed by atoms with Crippen molar-refractivity contribution in [3.8, 4) is 0 Å². The van der Waals surface area contributed by atoms with Gasteiger partial charge in [0.2, 0.25) is 0 Å². The van der Waals surface area contributed by atoms with Crippen molar-refractivity contribution >= 4 is 5.97 Å². The monoisotopic (exact) mass is 120 g/mol. The third-order valence-electron chi connectivity index (χ3n) is 0.954. The largest absolute Gasteiger partial charge is 0.542 e. The normalized spacial score (nSPS) is 14.4. The zero-order valence-electron chi connectivity index (χ0n) is 4.63. The topological polar surface area (TPSA) is 40.1 Å². The van der Waals surface area contributed by atoms with Crippen LogP contribution in [0.4, 0.5) is 0 Å². The first-order valence-corrected chi connectivity index (χ1v) is 2.48. The van der Waals surface area contributed by atoms with Crippen molar-refractivity contribution in [1.82, 2.24) is 0 Å². The number of carbonyl (C=O) groups excluding carboxylic acids is 1. The maximum absolute atomic E-state index is 10.1. The van der Waals surface area contributed by atoms with Gasteiger partial charge in [-0.05, 0) is 0 Å². The van der Waals surface area contributed by atoms with Gasteiger partial charge in [-0.2, -0.15) is 0 Å². The van der Waals surface area contributed by atoms with Crippen molar-refractivity contribution in [2.75, 3.05) is 0 Å². The van der Waals surface area contributed by atoms with E-state index in [4.69, 9.17) is 0 Å². The van der Waals surface area contributed by atoms with E-state index in [0.29, 0.717) is 0 Å². The van der Waals surface area contributed by atoms with E-state index >= 15 is 0 Å². The highest BCUT2D eigenvalue weighted by Crippen LogP contribution is 2.00. The molecule has 2 nitrogen and oxygen atoms in total. The molecular formula is C7H4O2. The van der Waals surface area contributed by atoms with E-state index in [0.717, 1.165) is 0 Å². The fourth-order valence-electron chi connectivity index (χ4n) is 0.523.